The van der Waals surface area contributed by atoms with Crippen LogP contribution in [0, 0.1) is 0 Å². The molecule has 0 unspecified atom stereocenters. The van der Waals surface area contributed by atoms with E-state index in [0.717, 1.165) is 44.2 Å². The summed E-state index contributed by atoms with van der Waals surface area (Å²) in [6, 6.07) is 1.96. The van der Waals surface area contributed by atoms with E-state index in [0.29, 0.717) is 0 Å². The van der Waals surface area contributed by atoms with Gasteiger partial charge in [0, 0.05) is 7.05 Å². The molecule has 0 bridgehead atoms. The standard InChI is InChI=1S/C14H20F3N3O/c1-18-11-7-10(14(15,16)17)8-12(19-11)20-13(9-21)5-3-2-4-6-13/h7-8,21H,2-6,9H2,1H3,(H2,18,19,20). The predicted octanol–water partition coefficient (Wildman–Crippen LogP) is 3.25. The van der Waals surface area contributed by atoms with E-state index >= 15 is 0 Å². The number of halogens is 3. The number of aliphatic hydroxyl groups is 1. The van der Waals surface area contributed by atoms with E-state index in [9.17, 15) is 18.3 Å². The first kappa shape index (κ1) is 15.9. The number of nitrogens with zero attached hydrogens (tertiary/aromatic N) is 1. The maximum absolute atomic E-state index is 12.9. The van der Waals surface area contributed by atoms with Crippen LogP contribution in [0.15, 0.2) is 12.1 Å². The lowest BCUT2D eigenvalue weighted by Gasteiger charge is -2.37. The van der Waals surface area contributed by atoms with Gasteiger partial charge in [0.15, 0.2) is 0 Å². The van der Waals surface area contributed by atoms with Crippen LogP contribution in [0.3, 0.4) is 0 Å². The second-order valence-electron chi connectivity index (χ2n) is 5.50. The molecule has 0 atom stereocenters. The van der Waals surface area contributed by atoms with E-state index < -0.39 is 17.3 Å². The number of pyridine rings is 1. The molecule has 1 heterocycles. The smallest absolute Gasteiger partial charge is 0.394 e. The average molecular weight is 303 g/mol. The van der Waals surface area contributed by atoms with Crippen LogP contribution in [-0.2, 0) is 6.18 Å². The average Bonchev–Trinajstić information content (AvgIpc) is 2.47. The second kappa shape index (κ2) is 6.09. The molecule has 3 N–H and O–H groups in total. The van der Waals surface area contributed by atoms with Gasteiger partial charge < -0.3 is 15.7 Å². The van der Waals surface area contributed by atoms with Gasteiger partial charge in [0.2, 0.25) is 0 Å². The first-order valence-corrected chi connectivity index (χ1v) is 7.05. The van der Waals surface area contributed by atoms with E-state index in [2.05, 4.69) is 15.6 Å². The fraction of sp³-hybridized carbons (Fsp3) is 0.643. The van der Waals surface area contributed by atoms with Crippen molar-refractivity contribution in [3.8, 4) is 0 Å². The van der Waals surface area contributed by atoms with Crippen LogP contribution < -0.4 is 10.6 Å². The molecule has 0 aromatic carbocycles. The quantitative estimate of drug-likeness (QED) is 0.799. The minimum atomic E-state index is -4.43. The highest BCUT2D eigenvalue weighted by Crippen LogP contribution is 2.35. The van der Waals surface area contributed by atoms with Crippen molar-refractivity contribution in [2.75, 3.05) is 24.3 Å². The van der Waals surface area contributed by atoms with Crippen LogP contribution in [0.5, 0.6) is 0 Å². The Morgan fingerprint density at radius 3 is 2.33 bits per heavy atom. The molecule has 0 saturated heterocycles. The van der Waals surface area contributed by atoms with Crippen LogP contribution in [0.4, 0.5) is 24.8 Å². The Labute approximate surface area is 121 Å². The summed E-state index contributed by atoms with van der Waals surface area (Å²) in [5.74, 6) is 0.293. The van der Waals surface area contributed by atoms with Gasteiger partial charge in [-0.2, -0.15) is 13.2 Å². The predicted molar refractivity (Wildman–Crippen MR) is 75.3 cm³/mol. The summed E-state index contributed by atoms with van der Waals surface area (Å²) >= 11 is 0. The molecule has 0 spiro atoms. The Morgan fingerprint density at radius 1 is 1.19 bits per heavy atom. The van der Waals surface area contributed by atoms with Crippen LogP contribution >= 0.6 is 0 Å². The SMILES string of the molecule is CNc1cc(C(F)(F)F)cc(NC2(CO)CCCCC2)n1. The van der Waals surface area contributed by atoms with Gasteiger partial charge in [-0.05, 0) is 25.0 Å². The highest BCUT2D eigenvalue weighted by Gasteiger charge is 2.34. The summed E-state index contributed by atoms with van der Waals surface area (Å²) in [4.78, 5) is 4.12. The van der Waals surface area contributed by atoms with Gasteiger partial charge in [-0.25, -0.2) is 4.98 Å². The third-order valence-corrected chi connectivity index (χ3v) is 3.92. The molecule has 1 aromatic rings. The van der Waals surface area contributed by atoms with Crippen molar-refractivity contribution in [3.05, 3.63) is 17.7 Å². The Morgan fingerprint density at radius 2 is 1.81 bits per heavy atom. The molecule has 2 rings (SSSR count). The summed E-state index contributed by atoms with van der Waals surface area (Å²) in [6.45, 7) is -0.111. The monoisotopic (exact) mass is 303 g/mol. The van der Waals surface area contributed by atoms with Gasteiger partial charge in [0.25, 0.3) is 0 Å². The number of hydrogen-bond donors (Lipinski definition) is 3. The van der Waals surface area contributed by atoms with Crippen molar-refractivity contribution in [1.29, 1.82) is 0 Å². The van der Waals surface area contributed by atoms with Crippen molar-refractivity contribution in [2.24, 2.45) is 0 Å². The summed E-state index contributed by atoms with van der Waals surface area (Å²) in [7, 11) is 1.52. The van der Waals surface area contributed by atoms with Gasteiger partial charge in [-0.3, -0.25) is 0 Å². The molecular formula is C14H20F3N3O. The highest BCUT2D eigenvalue weighted by molar-refractivity contribution is 5.50. The molecule has 0 amide bonds. The number of anilines is 2. The molecule has 1 aliphatic carbocycles. The molecule has 1 aliphatic rings. The summed E-state index contributed by atoms with van der Waals surface area (Å²) in [6.07, 6.45) is 0.0224. The Kier molecular flexibility index (Phi) is 4.61. The summed E-state index contributed by atoms with van der Waals surface area (Å²) in [5, 5.41) is 15.3. The number of rotatable bonds is 4. The fourth-order valence-corrected chi connectivity index (χ4v) is 2.71. The maximum Gasteiger partial charge on any atom is 0.416 e. The zero-order chi connectivity index (χ0) is 15.5. The molecule has 0 aliphatic heterocycles. The molecule has 4 nitrogen and oxygen atoms in total. The number of aromatic nitrogens is 1. The zero-order valence-electron chi connectivity index (χ0n) is 11.9. The third kappa shape index (κ3) is 3.78. The number of nitrogens with one attached hydrogen (secondary N) is 2. The highest BCUT2D eigenvalue weighted by atomic mass is 19.4. The zero-order valence-corrected chi connectivity index (χ0v) is 11.9. The molecule has 0 radical (unpaired) electrons. The number of alkyl halides is 3. The largest absolute Gasteiger partial charge is 0.416 e. The topological polar surface area (TPSA) is 57.2 Å². The van der Waals surface area contributed by atoms with Gasteiger partial charge in [-0.15, -0.1) is 0 Å². The van der Waals surface area contributed by atoms with Crippen LogP contribution in [0.2, 0.25) is 0 Å². The molecular weight excluding hydrogens is 283 g/mol. The van der Waals surface area contributed by atoms with Crippen molar-refractivity contribution in [1.82, 2.24) is 4.98 Å². The lowest BCUT2D eigenvalue weighted by molar-refractivity contribution is -0.137. The van der Waals surface area contributed by atoms with Crippen molar-refractivity contribution in [2.45, 2.75) is 43.8 Å². The lowest BCUT2D eigenvalue weighted by atomic mass is 9.82. The number of aliphatic hydroxyl groups excluding tert-OH is 1. The van der Waals surface area contributed by atoms with Crippen LogP contribution in [0.25, 0.3) is 0 Å². The summed E-state index contributed by atoms with van der Waals surface area (Å²) in [5.41, 5.74) is -1.33. The van der Waals surface area contributed by atoms with Gasteiger partial charge in [0.05, 0.1) is 17.7 Å². The fourth-order valence-electron chi connectivity index (χ4n) is 2.71. The molecule has 118 valence electrons. The Hall–Kier alpha value is -1.50. The van der Waals surface area contributed by atoms with E-state index in [-0.39, 0.29) is 18.2 Å². The lowest BCUT2D eigenvalue weighted by Crippen LogP contribution is -2.44. The minimum absolute atomic E-state index is 0.111. The molecule has 1 aromatic heterocycles. The Balaban J connectivity index is 2.30. The van der Waals surface area contributed by atoms with Gasteiger partial charge in [0.1, 0.15) is 11.6 Å². The molecule has 1 fully saturated rings. The first-order valence-electron chi connectivity index (χ1n) is 7.05. The first-order chi connectivity index (χ1) is 9.88. The van der Waals surface area contributed by atoms with Gasteiger partial charge >= 0.3 is 6.18 Å². The van der Waals surface area contributed by atoms with E-state index in [4.69, 9.17) is 0 Å². The number of hydrogen-bond acceptors (Lipinski definition) is 4. The van der Waals surface area contributed by atoms with E-state index in [1.165, 1.54) is 7.05 Å². The Bertz CT molecular complexity index is 485. The van der Waals surface area contributed by atoms with E-state index in [1.54, 1.807) is 0 Å². The van der Waals surface area contributed by atoms with E-state index in [1.807, 2.05) is 0 Å². The minimum Gasteiger partial charge on any atom is -0.394 e. The maximum atomic E-state index is 12.9. The van der Waals surface area contributed by atoms with Crippen molar-refractivity contribution >= 4 is 11.6 Å². The summed E-state index contributed by atoms with van der Waals surface area (Å²) < 4.78 is 38.7. The van der Waals surface area contributed by atoms with Crippen LogP contribution in [0.1, 0.15) is 37.7 Å². The van der Waals surface area contributed by atoms with Crippen LogP contribution in [-0.4, -0.2) is 29.3 Å². The molecule has 1 saturated carbocycles. The van der Waals surface area contributed by atoms with Crippen molar-refractivity contribution < 1.29 is 18.3 Å². The third-order valence-electron chi connectivity index (χ3n) is 3.92. The second-order valence-corrected chi connectivity index (χ2v) is 5.50. The normalized spacial score (nSPS) is 18.3. The molecule has 21 heavy (non-hydrogen) atoms. The van der Waals surface area contributed by atoms with Gasteiger partial charge in [-0.1, -0.05) is 19.3 Å². The molecule has 7 heteroatoms. The van der Waals surface area contributed by atoms with Crippen molar-refractivity contribution in [3.63, 3.8) is 0 Å².